The molecule has 0 unspecified atom stereocenters. The average molecular weight is 457 g/mol. The Morgan fingerprint density at radius 3 is 2.67 bits per heavy atom. The van der Waals surface area contributed by atoms with Gasteiger partial charge in [0.25, 0.3) is 5.91 Å². The Morgan fingerprint density at radius 1 is 1.06 bits per heavy atom. The molecule has 3 aromatic rings. The van der Waals surface area contributed by atoms with Gasteiger partial charge in [0.15, 0.2) is 11.2 Å². The van der Waals surface area contributed by atoms with Gasteiger partial charge in [0, 0.05) is 17.3 Å². The average Bonchev–Trinajstić information content (AvgIpc) is 3.21. The number of hydrogen-bond acceptors (Lipinski definition) is 6. The third-order valence-electron chi connectivity index (χ3n) is 5.27. The van der Waals surface area contributed by atoms with Crippen LogP contribution in [0.4, 0.5) is 11.4 Å². The van der Waals surface area contributed by atoms with Gasteiger partial charge in [0.1, 0.15) is 11.6 Å². The minimum Gasteiger partial charge on any atom is -0.497 e. The predicted molar refractivity (Wildman–Crippen MR) is 130 cm³/mol. The van der Waals surface area contributed by atoms with Crippen LogP contribution >= 0.6 is 11.8 Å². The molecule has 33 heavy (non-hydrogen) atoms. The van der Waals surface area contributed by atoms with Crippen molar-refractivity contribution in [1.29, 1.82) is 0 Å². The Labute approximate surface area is 195 Å². The zero-order valence-corrected chi connectivity index (χ0v) is 18.6. The van der Waals surface area contributed by atoms with Crippen molar-refractivity contribution in [2.45, 2.75) is 6.04 Å². The van der Waals surface area contributed by atoms with E-state index in [4.69, 9.17) is 9.73 Å². The maximum atomic E-state index is 13.4. The van der Waals surface area contributed by atoms with Crippen molar-refractivity contribution in [2.24, 2.45) is 9.98 Å². The van der Waals surface area contributed by atoms with E-state index < -0.39 is 6.04 Å². The van der Waals surface area contributed by atoms with Crippen LogP contribution in [0.1, 0.15) is 17.2 Å². The molecular formula is C25H20N4O3S. The first kappa shape index (κ1) is 21.0. The smallest absolute Gasteiger partial charge is 0.263 e. The molecule has 0 saturated heterocycles. The van der Waals surface area contributed by atoms with E-state index in [2.05, 4.69) is 10.3 Å². The molecule has 0 aromatic heterocycles. The van der Waals surface area contributed by atoms with Crippen LogP contribution in [-0.4, -0.2) is 40.6 Å². The molecule has 0 radical (unpaired) electrons. The van der Waals surface area contributed by atoms with Crippen molar-refractivity contribution >= 4 is 46.0 Å². The summed E-state index contributed by atoms with van der Waals surface area (Å²) in [6, 6.07) is 23.6. The molecule has 2 amide bonds. The van der Waals surface area contributed by atoms with E-state index in [1.54, 1.807) is 25.3 Å². The van der Waals surface area contributed by atoms with Crippen LogP contribution in [0.25, 0.3) is 0 Å². The monoisotopic (exact) mass is 456 g/mol. The highest BCUT2D eigenvalue weighted by atomic mass is 32.2. The number of carbonyl (C=O) groups is 2. The van der Waals surface area contributed by atoms with Gasteiger partial charge in [-0.25, -0.2) is 14.9 Å². The number of amides is 2. The van der Waals surface area contributed by atoms with E-state index in [1.807, 2.05) is 60.7 Å². The fraction of sp³-hybridized carbons (Fsp3) is 0.120. The van der Waals surface area contributed by atoms with Gasteiger partial charge in [-0.1, -0.05) is 60.3 Å². The van der Waals surface area contributed by atoms with Crippen LogP contribution in [0.15, 0.2) is 88.8 Å². The van der Waals surface area contributed by atoms with E-state index in [9.17, 15) is 9.59 Å². The molecule has 2 aliphatic heterocycles. The van der Waals surface area contributed by atoms with Crippen LogP contribution in [0.2, 0.25) is 0 Å². The molecule has 2 heterocycles. The molecule has 0 fully saturated rings. The molecule has 0 saturated carbocycles. The van der Waals surface area contributed by atoms with Crippen LogP contribution < -0.4 is 10.1 Å². The number of thioether (sulfide) groups is 1. The number of benzene rings is 3. The Kier molecular flexibility index (Phi) is 5.66. The number of rotatable bonds is 5. The Hall–Kier alpha value is -3.91. The number of nitrogens with zero attached hydrogens (tertiary/aromatic N) is 3. The molecule has 1 atom stereocenters. The first-order valence-electron chi connectivity index (χ1n) is 10.4. The zero-order chi connectivity index (χ0) is 22.8. The highest BCUT2D eigenvalue weighted by Gasteiger charge is 2.42. The van der Waals surface area contributed by atoms with Crippen molar-refractivity contribution in [3.8, 4) is 5.75 Å². The van der Waals surface area contributed by atoms with Crippen LogP contribution in [0, 0.1) is 0 Å². The topological polar surface area (TPSA) is 83.4 Å². The largest absolute Gasteiger partial charge is 0.497 e. The number of anilines is 1. The second-order valence-corrected chi connectivity index (χ2v) is 8.36. The van der Waals surface area contributed by atoms with Crippen LogP contribution in [0.5, 0.6) is 5.75 Å². The van der Waals surface area contributed by atoms with Gasteiger partial charge >= 0.3 is 0 Å². The molecule has 8 heteroatoms. The lowest BCUT2D eigenvalue weighted by Gasteiger charge is -2.25. The summed E-state index contributed by atoms with van der Waals surface area (Å²) in [6.45, 7) is 0. The molecule has 2 aliphatic rings. The molecular weight excluding hydrogens is 436 g/mol. The number of fused-ring (bicyclic) bond motifs is 3. The number of carbonyl (C=O) groups excluding carboxylic acids is 2. The van der Waals surface area contributed by atoms with Crippen molar-refractivity contribution < 1.29 is 14.3 Å². The van der Waals surface area contributed by atoms with E-state index in [0.29, 0.717) is 22.4 Å². The SMILES string of the molecule is COc1cccc(NC(=O)CSC2=Nc3ccccc3C3=N[C@H](c4ccccc4)C(=O)N23)c1. The summed E-state index contributed by atoms with van der Waals surface area (Å²) in [5, 5.41) is 3.29. The van der Waals surface area contributed by atoms with Crippen molar-refractivity contribution in [1.82, 2.24) is 4.90 Å². The minimum absolute atomic E-state index is 0.0886. The lowest BCUT2D eigenvalue weighted by atomic mass is 10.1. The van der Waals surface area contributed by atoms with Gasteiger partial charge in [-0.05, 0) is 29.8 Å². The number of aliphatic imine (C=N–C) groups is 2. The van der Waals surface area contributed by atoms with Gasteiger partial charge in [-0.3, -0.25) is 9.59 Å². The summed E-state index contributed by atoms with van der Waals surface area (Å²) in [4.78, 5) is 36.9. The maximum absolute atomic E-state index is 13.4. The standard InChI is InChI=1S/C25H20N4O3S/c1-32-18-11-7-10-17(14-18)26-21(30)15-33-25-27-20-13-6-5-12-19(20)23-28-22(24(31)29(23)25)16-8-3-2-4-9-16/h2-14,22H,15H2,1H3,(H,26,30)/t22-/m1/s1. The zero-order valence-electron chi connectivity index (χ0n) is 17.8. The number of hydrogen-bond donors (Lipinski definition) is 1. The quantitative estimate of drug-likeness (QED) is 0.617. The lowest BCUT2D eigenvalue weighted by Crippen LogP contribution is -2.40. The highest BCUT2D eigenvalue weighted by molar-refractivity contribution is 8.14. The number of methoxy groups -OCH3 is 1. The first-order valence-corrected chi connectivity index (χ1v) is 11.3. The Balaban J connectivity index is 1.39. The van der Waals surface area contributed by atoms with Gasteiger partial charge in [0.2, 0.25) is 5.91 Å². The molecule has 5 rings (SSSR count). The van der Waals surface area contributed by atoms with E-state index in [0.717, 1.165) is 16.8 Å². The van der Waals surface area contributed by atoms with Crippen molar-refractivity contribution in [3.63, 3.8) is 0 Å². The fourth-order valence-electron chi connectivity index (χ4n) is 3.73. The summed E-state index contributed by atoms with van der Waals surface area (Å²) >= 11 is 1.21. The number of ether oxygens (including phenoxy) is 1. The molecule has 164 valence electrons. The van der Waals surface area contributed by atoms with E-state index in [1.165, 1.54) is 16.7 Å². The molecule has 0 bridgehead atoms. The summed E-state index contributed by atoms with van der Waals surface area (Å²) < 4.78 is 5.20. The second kappa shape index (κ2) is 8.91. The summed E-state index contributed by atoms with van der Waals surface area (Å²) in [7, 11) is 1.57. The number of nitrogens with one attached hydrogen (secondary N) is 1. The second-order valence-electron chi connectivity index (χ2n) is 7.42. The summed E-state index contributed by atoms with van der Waals surface area (Å²) in [5.41, 5.74) is 2.99. The van der Waals surface area contributed by atoms with Gasteiger partial charge < -0.3 is 10.1 Å². The van der Waals surface area contributed by atoms with Crippen molar-refractivity contribution in [2.75, 3.05) is 18.2 Å². The first-order chi connectivity index (χ1) is 16.1. The number of para-hydroxylation sites is 1. The maximum Gasteiger partial charge on any atom is 0.263 e. The third-order valence-corrected chi connectivity index (χ3v) is 6.21. The Morgan fingerprint density at radius 2 is 1.85 bits per heavy atom. The van der Waals surface area contributed by atoms with E-state index >= 15 is 0 Å². The van der Waals surface area contributed by atoms with Crippen LogP contribution in [0.3, 0.4) is 0 Å². The Bertz CT molecular complexity index is 1290. The predicted octanol–water partition coefficient (Wildman–Crippen LogP) is 4.40. The minimum atomic E-state index is -0.635. The van der Waals surface area contributed by atoms with Crippen molar-refractivity contribution in [3.05, 3.63) is 90.0 Å². The summed E-state index contributed by atoms with van der Waals surface area (Å²) in [6.07, 6.45) is 0. The molecule has 1 N–H and O–H groups in total. The molecule has 7 nitrogen and oxygen atoms in total. The van der Waals surface area contributed by atoms with Crippen LogP contribution in [-0.2, 0) is 9.59 Å². The summed E-state index contributed by atoms with van der Waals surface area (Å²) in [5.74, 6) is 0.926. The van der Waals surface area contributed by atoms with Gasteiger partial charge in [0.05, 0.1) is 18.6 Å². The molecule has 3 aromatic carbocycles. The van der Waals surface area contributed by atoms with Gasteiger partial charge in [-0.15, -0.1) is 0 Å². The van der Waals surface area contributed by atoms with E-state index in [-0.39, 0.29) is 17.6 Å². The normalized spacial score (nSPS) is 16.5. The number of amidine groups is 2. The van der Waals surface area contributed by atoms with Gasteiger partial charge in [-0.2, -0.15) is 0 Å². The molecule has 0 aliphatic carbocycles. The fourth-order valence-corrected chi connectivity index (χ4v) is 4.53. The highest BCUT2D eigenvalue weighted by Crippen LogP contribution is 2.37. The molecule has 0 spiro atoms. The third kappa shape index (κ3) is 4.12. The lowest BCUT2D eigenvalue weighted by molar-refractivity contribution is -0.124.